The maximum atomic E-state index is 8.91. The fraction of sp³-hybridized carbons (Fsp3) is 0.250. The van der Waals surface area contributed by atoms with E-state index >= 15 is 0 Å². The van der Waals surface area contributed by atoms with E-state index in [0.717, 1.165) is 0 Å². The summed E-state index contributed by atoms with van der Waals surface area (Å²) in [5, 5.41) is 8.91. The van der Waals surface area contributed by atoms with Crippen LogP contribution in [0, 0.1) is 0 Å². The highest BCUT2D eigenvalue weighted by Gasteiger charge is 1.92. The maximum absolute atomic E-state index is 8.91. The lowest BCUT2D eigenvalue weighted by molar-refractivity contribution is 0.269. The van der Waals surface area contributed by atoms with Crippen LogP contribution in [0.1, 0.15) is 6.92 Å². The van der Waals surface area contributed by atoms with Crippen LogP contribution < -0.4 is 0 Å². The minimum Gasteiger partial charge on any atom is -0.509 e. The first kappa shape index (κ1) is 8.82. The van der Waals surface area contributed by atoms with Crippen LogP contribution in [-0.2, 0) is 4.74 Å². The van der Waals surface area contributed by atoms with Crippen molar-refractivity contribution in [2.45, 2.75) is 6.92 Å². The van der Waals surface area contributed by atoms with Gasteiger partial charge < -0.3 is 9.84 Å². The van der Waals surface area contributed by atoms with Crippen LogP contribution in [0.3, 0.4) is 0 Å². The van der Waals surface area contributed by atoms with Crippen molar-refractivity contribution in [3.63, 3.8) is 0 Å². The lowest BCUT2D eigenvalue weighted by Gasteiger charge is -1.99. The van der Waals surface area contributed by atoms with Crippen LogP contribution in [0.15, 0.2) is 36.3 Å². The van der Waals surface area contributed by atoms with Crippen molar-refractivity contribution in [3.8, 4) is 0 Å². The molecule has 1 N–H and O–H groups in total. The van der Waals surface area contributed by atoms with Gasteiger partial charge in [-0.1, -0.05) is 18.7 Å². The van der Waals surface area contributed by atoms with Gasteiger partial charge in [0, 0.05) is 0 Å². The van der Waals surface area contributed by atoms with Gasteiger partial charge >= 0.3 is 0 Å². The molecule has 0 amide bonds. The van der Waals surface area contributed by atoms with Gasteiger partial charge in [0.05, 0.1) is 7.11 Å². The topological polar surface area (TPSA) is 29.5 Å². The summed E-state index contributed by atoms with van der Waals surface area (Å²) in [4.78, 5) is 0. The molecule has 10 heavy (non-hydrogen) atoms. The van der Waals surface area contributed by atoms with Gasteiger partial charge in [0.25, 0.3) is 0 Å². The maximum Gasteiger partial charge on any atom is 0.155 e. The zero-order chi connectivity index (χ0) is 7.98. The van der Waals surface area contributed by atoms with E-state index in [0.29, 0.717) is 5.76 Å². The molecule has 56 valence electrons. The number of methoxy groups -OCH3 is 1. The van der Waals surface area contributed by atoms with Crippen molar-refractivity contribution >= 4 is 0 Å². The number of hydrogen-bond donors (Lipinski definition) is 1. The van der Waals surface area contributed by atoms with E-state index in [9.17, 15) is 0 Å². The second-order valence-electron chi connectivity index (χ2n) is 1.75. The Morgan fingerprint density at radius 1 is 1.60 bits per heavy atom. The SMILES string of the molecule is C=C/C=C\C(OC)=C(/C)O. The Balaban J connectivity index is 4.23. The number of hydrogen-bond acceptors (Lipinski definition) is 2. The van der Waals surface area contributed by atoms with Crippen LogP contribution in [0.4, 0.5) is 0 Å². The molecule has 0 aromatic rings. The molecular formula is C8H12O2. The standard InChI is InChI=1S/C8H12O2/c1-4-5-6-8(10-3)7(2)9/h4-6,9H,1H2,2-3H3/b6-5-,8-7-. The molecule has 0 bridgehead atoms. The lowest BCUT2D eigenvalue weighted by Crippen LogP contribution is -1.86. The summed E-state index contributed by atoms with van der Waals surface area (Å²) in [6.45, 7) is 5.04. The van der Waals surface area contributed by atoms with E-state index in [1.165, 1.54) is 7.11 Å². The van der Waals surface area contributed by atoms with Gasteiger partial charge in [-0.2, -0.15) is 0 Å². The van der Waals surface area contributed by atoms with Crippen LogP contribution in [-0.4, -0.2) is 12.2 Å². The summed E-state index contributed by atoms with van der Waals surface area (Å²) < 4.78 is 4.81. The highest BCUT2D eigenvalue weighted by molar-refractivity contribution is 5.17. The fourth-order valence-electron chi connectivity index (χ4n) is 0.492. The van der Waals surface area contributed by atoms with E-state index in [1.54, 1.807) is 25.2 Å². The molecule has 0 radical (unpaired) electrons. The summed E-state index contributed by atoms with van der Waals surface area (Å²) in [7, 11) is 1.50. The number of aliphatic hydroxyl groups is 1. The molecule has 0 saturated heterocycles. The number of ether oxygens (including phenoxy) is 1. The van der Waals surface area contributed by atoms with Crippen molar-refractivity contribution < 1.29 is 9.84 Å². The van der Waals surface area contributed by atoms with E-state index < -0.39 is 0 Å². The smallest absolute Gasteiger partial charge is 0.155 e. The zero-order valence-electron chi connectivity index (χ0n) is 6.29. The Morgan fingerprint density at radius 3 is 2.50 bits per heavy atom. The number of allylic oxidation sites excluding steroid dienone is 4. The summed E-state index contributed by atoms with van der Waals surface area (Å²) in [5.41, 5.74) is 0. The van der Waals surface area contributed by atoms with Crippen LogP contribution >= 0.6 is 0 Å². The average molecular weight is 140 g/mol. The predicted molar refractivity (Wildman–Crippen MR) is 41.7 cm³/mol. The van der Waals surface area contributed by atoms with Gasteiger partial charge in [-0.3, -0.25) is 0 Å². The second-order valence-corrected chi connectivity index (χ2v) is 1.75. The van der Waals surface area contributed by atoms with E-state index in [-0.39, 0.29) is 5.76 Å². The summed E-state index contributed by atoms with van der Waals surface area (Å²) in [6, 6.07) is 0. The van der Waals surface area contributed by atoms with Crippen molar-refractivity contribution in [2.24, 2.45) is 0 Å². The first-order valence-electron chi connectivity index (χ1n) is 2.95. The Morgan fingerprint density at radius 2 is 2.20 bits per heavy atom. The van der Waals surface area contributed by atoms with Crippen molar-refractivity contribution in [3.05, 3.63) is 36.3 Å². The first-order valence-corrected chi connectivity index (χ1v) is 2.95. The van der Waals surface area contributed by atoms with E-state index in [2.05, 4.69) is 6.58 Å². The van der Waals surface area contributed by atoms with Crippen LogP contribution in [0.2, 0.25) is 0 Å². The third kappa shape index (κ3) is 2.97. The molecule has 0 aliphatic carbocycles. The summed E-state index contributed by atoms with van der Waals surface area (Å²) in [5.74, 6) is 0.625. The molecule has 0 atom stereocenters. The van der Waals surface area contributed by atoms with E-state index in [4.69, 9.17) is 9.84 Å². The second kappa shape index (κ2) is 4.68. The highest BCUT2D eigenvalue weighted by atomic mass is 16.5. The largest absolute Gasteiger partial charge is 0.509 e. The molecule has 0 unspecified atom stereocenters. The zero-order valence-corrected chi connectivity index (χ0v) is 6.29. The Bertz CT molecular complexity index is 162. The van der Waals surface area contributed by atoms with Crippen LogP contribution in [0.5, 0.6) is 0 Å². The Labute approximate surface area is 61.1 Å². The average Bonchev–Trinajstić information content (AvgIpc) is 1.89. The molecule has 0 heterocycles. The molecular weight excluding hydrogens is 128 g/mol. The monoisotopic (exact) mass is 140 g/mol. The quantitative estimate of drug-likeness (QED) is 0.481. The van der Waals surface area contributed by atoms with Crippen molar-refractivity contribution in [1.82, 2.24) is 0 Å². The molecule has 0 aromatic carbocycles. The predicted octanol–water partition coefficient (Wildman–Crippen LogP) is 2.16. The Kier molecular flexibility index (Phi) is 4.12. The van der Waals surface area contributed by atoms with E-state index in [1.807, 2.05) is 0 Å². The molecule has 0 rings (SSSR count). The highest BCUT2D eigenvalue weighted by Crippen LogP contribution is 2.02. The van der Waals surface area contributed by atoms with Crippen LogP contribution in [0.25, 0.3) is 0 Å². The summed E-state index contributed by atoms with van der Waals surface area (Å²) in [6.07, 6.45) is 4.95. The molecule has 0 aromatic heterocycles. The molecule has 0 spiro atoms. The minimum atomic E-state index is 0.167. The van der Waals surface area contributed by atoms with Crippen molar-refractivity contribution in [2.75, 3.05) is 7.11 Å². The van der Waals surface area contributed by atoms with Gasteiger partial charge in [0.15, 0.2) is 5.76 Å². The third-order valence-corrected chi connectivity index (χ3v) is 0.960. The number of aliphatic hydroxyl groups excluding tert-OH is 1. The molecule has 0 aliphatic heterocycles. The van der Waals surface area contributed by atoms with Gasteiger partial charge in [0.2, 0.25) is 0 Å². The third-order valence-electron chi connectivity index (χ3n) is 0.960. The molecule has 2 nitrogen and oxygen atoms in total. The van der Waals surface area contributed by atoms with Crippen molar-refractivity contribution in [1.29, 1.82) is 0 Å². The minimum absolute atomic E-state index is 0.167. The normalized spacial score (nSPS) is 13.0. The number of rotatable bonds is 3. The first-order chi connectivity index (χ1) is 4.72. The van der Waals surface area contributed by atoms with Gasteiger partial charge in [-0.05, 0) is 13.0 Å². The van der Waals surface area contributed by atoms with Gasteiger partial charge in [-0.15, -0.1) is 0 Å². The lowest BCUT2D eigenvalue weighted by atomic mass is 10.4. The fourth-order valence-corrected chi connectivity index (χ4v) is 0.492. The Hall–Kier alpha value is -1.18. The summed E-state index contributed by atoms with van der Waals surface area (Å²) >= 11 is 0. The molecule has 0 saturated carbocycles. The van der Waals surface area contributed by atoms with Gasteiger partial charge in [-0.25, -0.2) is 0 Å². The molecule has 2 heteroatoms. The molecule has 0 fully saturated rings. The van der Waals surface area contributed by atoms with Gasteiger partial charge in [0.1, 0.15) is 5.76 Å². The molecule has 0 aliphatic rings.